The third-order valence-corrected chi connectivity index (χ3v) is 6.49. The minimum absolute atomic E-state index is 0.0831. The van der Waals surface area contributed by atoms with Crippen LogP contribution in [0, 0.1) is 13.8 Å². The molecule has 0 saturated heterocycles. The molecule has 0 spiro atoms. The molecule has 148 valence electrons. The number of nitrogens with one attached hydrogen (secondary N) is 1. The third kappa shape index (κ3) is 4.37. The molecule has 1 unspecified atom stereocenters. The maximum absolute atomic E-state index is 13.2. The van der Waals surface area contributed by atoms with Crippen molar-refractivity contribution in [3.05, 3.63) is 53.1 Å². The van der Waals surface area contributed by atoms with Gasteiger partial charge in [-0.3, -0.25) is 4.79 Å². The predicted octanol–water partition coefficient (Wildman–Crippen LogP) is 3.28. The average Bonchev–Trinajstić information content (AvgIpc) is 3.09. The lowest BCUT2D eigenvalue weighted by molar-refractivity contribution is -0.143. The van der Waals surface area contributed by atoms with Gasteiger partial charge >= 0.3 is 5.97 Å². The lowest BCUT2D eigenvalue weighted by Crippen LogP contribution is -2.31. The van der Waals surface area contributed by atoms with E-state index in [0.29, 0.717) is 22.2 Å². The summed E-state index contributed by atoms with van der Waals surface area (Å²) in [6.07, 6.45) is -0.111. The van der Waals surface area contributed by atoms with Crippen molar-refractivity contribution in [2.24, 2.45) is 0 Å². The summed E-state index contributed by atoms with van der Waals surface area (Å²) in [6, 6.07) is 10.0. The van der Waals surface area contributed by atoms with Gasteiger partial charge in [0.25, 0.3) is 0 Å². The highest BCUT2D eigenvalue weighted by atomic mass is 32.2. The number of carbonyl (C=O) groups excluding carboxylic acids is 1. The largest absolute Gasteiger partial charge is 0.466 e. The molecule has 0 amide bonds. The van der Waals surface area contributed by atoms with E-state index in [1.165, 1.54) is 0 Å². The number of nitrogens with zero attached hydrogens (tertiary/aromatic N) is 2. The molecule has 1 atom stereocenters. The van der Waals surface area contributed by atoms with Gasteiger partial charge in [-0.2, -0.15) is 8.75 Å². The molecule has 28 heavy (non-hydrogen) atoms. The van der Waals surface area contributed by atoms with E-state index in [1.807, 2.05) is 19.1 Å². The van der Waals surface area contributed by atoms with Crippen molar-refractivity contribution in [1.82, 2.24) is 13.5 Å². The van der Waals surface area contributed by atoms with Crippen LogP contribution in [0.25, 0.3) is 11.0 Å². The van der Waals surface area contributed by atoms with Gasteiger partial charge in [0, 0.05) is 0 Å². The number of ether oxygens (including phenoxy) is 1. The van der Waals surface area contributed by atoms with Crippen LogP contribution < -0.4 is 4.72 Å². The Morgan fingerprint density at radius 2 is 1.86 bits per heavy atom. The molecule has 1 heterocycles. The Kier molecular flexibility index (Phi) is 6.07. The predicted molar refractivity (Wildman–Crippen MR) is 108 cm³/mol. The third-order valence-electron chi connectivity index (χ3n) is 4.30. The van der Waals surface area contributed by atoms with Gasteiger partial charge in [0.15, 0.2) is 0 Å². The van der Waals surface area contributed by atoms with Gasteiger partial charge in [-0.15, -0.1) is 0 Å². The van der Waals surface area contributed by atoms with Crippen molar-refractivity contribution in [2.75, 3.05) is 6.61 Å². The number of aromatic nitrogens is 2. The second-order valence-electron chi connectivity index (χ2n) is 6.44. The summed E-state index contributed by atoms with van der Waals surface area (Å²) in [5.74, 6) is -0.471. The lowest BCUT2D eigenvalue weighted by Gasteiger charge is -2.19. The van der Waals surface area contributed by atoms with Crippen LogP contribution >= 0.6 is 11.7 Å². The Bertz CT molecular complexity index is 1090. The number of aryl methyl sites for hydroxylation is 2. The number of hydrogen-bond acceptors (Lipinski definition) is 7. The molecule has 3 aromatic rings. The quantitative estimate of drug-likeness (QED) is 0.590. The van der Waals surface area contributed by atoms with Crippen LogP contribution in [0.5, 0.6) is 0 Å². The molecule has 7 nitrogen and oxygen atoms in total. The summed E-state index contributed by atoms with van der Waals surface area (Å²) in [6.45, 7) is 5.59. The molecule has 0 radical (unpaired) electrons. The SMILES string of the molecule is CCOC(=O)CC(NS(=O)(=O)c1c(C)ccc2nsnc12)c1ccc(C)cc1. The Labute approximate surface area is 168 Å². The van der Waals surface area contributed by atoms with Crippen molar-refractivity contribution in [3.8, 4) is 0 Å². The maximum Gasteiger partial charge on any atom is 0.307 e. The first kappa shape index (κ1) is 20.4. The highest BCUT2D eigenvalue weighted by Crippen LogP contribution is 2.28. The van der Waals surface area contributed by atoms with Gasteiger partial charge in [-0.05, 0) is 38.0 Å². The van der Waals surface area contributed by atoms with E-state index in [2.05, 4.69) is 13.5 Å². The highest BCUT2D eigenvalue weighted by Gasteiger charge is 2.28. The highest BCUT2D eigenvalue weighted by molar-refractivity contribution is 7.89. The Balaban J connectivity index is 2.00. The van der Waals surface area contributed by atoms with E-state index in [1.54, 1.807) is 38.1 Å². The second kappa shape index (κ2) is 8.34. The first-order valence-corrected chi connectivity index (χ1v) is 11.0. The summed E-state index contributed by atoms with van der Waals surface area (Å²) in [4.78, 5) is 12.2. The molecule has 0 aliphatic heterocycles. The number of benzene rings is 2. The van der Waals surface area contributed by atoms with Crippen molar-refractivity contribution in [2.45, 2.75) is 38.1 Å². The summed E-state index contributed by atoms with van der Waals surface area (Å²) >= 11 is 0.960. The zero-order valence-corrected chi connectivity index (χ0v) is 17.4. The number of esters is 1. The van der Waals surface area contributed by atoms with Gasteiger partial charge in [-0.1, -0.05) is 35.9 Å². The second-order valence-corrected chi connectivity index (χ2v) is 8.62. The van der Waals surface area contributed by atoms with Crippen LogP contribution in [0.2, 0.25) is 0 Å². The maximum atomic E-state index is 13.2. The van der Waals surface area contributed by atoms with Crippen LogP contribution in [0.15, 0.2) is 41.3 Å². The van der Waals surface area contributed by atoms with Crippen LogP contribution in [0.4, 0.5) is 0 Å². The minimum atomic E-state index is -3.96. The van der Waals surface area contributed by atoms with Gasteiger partial charge in [0.1, 0.15) is 15.9 Å². The van der Waals surface area contributed by atoms with E-state index in [4.69, 9.17) is 4.74 Å². The van der Waals surface area contributed by atoms with Crippen LogP contribution in [0.1, 0.15) is 36.1 Å². The molecule has 0 aliphatic carbocycles. The number of rotatable bonds is 7. The Morgan fingerprint density at radius 3 is 2.54 bits per heavy atom. The number of fused-ring (bicyclic) bond motifs is 1. The van der Waals surface area contributed by atoms with Crippen LogP contribution in [-0.4, -0.2) is 29.7 Å². The number of carbonyl (C=O) groups is 1. The van der Waals surface area contributed by atoms with Gasteiger partial charge in [-0.25, -0.2) is 13.1 Å². The lowest BCUT2D eigenvalue weighted by atomic mass is 10.0. The van der Waals surface area contributed by atoms with E-state index < -0.39 is 22.0 Å². The van der Waals surface area contributed by atoms with E-state index in [-0.39, 0.29) is 17.9 Å². The number of hydrogen-bond donors (Lipinski definition) is 1. The van der Waals surface area contributed by atoms with Gasteiger partial charge in [0.05, 0.1) is 30.8 Å². The zero-order chi connectivity index (χ0) is 20.3. The van der Waals surface area contributed by atoms with E-state index in [9.17, 15) is 13.2 Å². The summed E-state index contributed by atoms with van der Waals surface area (Å²) in [5.41, 5.74) is 3.13. The van der Waals surface area contributed by atoms with Crippen molar-refractivity contribution in [1.29, 1.82) is 0 Å². The molecule has 0 bridgehead atoms. The average molecular weight is 420 g/mol. The Morgan fingerprint density at radius 1 is 1.14 bits per heavy atom. The summed E-state index contributed by atoms with van der Waals surface area (Å²) < 4.78 is 42.4. The van der Waals surface area contributed by atoms with Crippen LogP contribution in [0.3, 0.4) is 0 Å². The molecule has 2 aromatic carbocycles. The molecule has 0 fully saturated rings. The topological polar surface area (TPSA) is 98.2 Å². The molecular weight excluding hydrogens is 398 g/mol. The summed E-state index contributed by atoms with van der Waals surface area (Å²) in [7, 11) is -3.96. The van der Waals surface area contributed by atoms with Gasteiger partial charge < -0.3 is 4.74 Å². The van der Waals surface area contributed by atoms with Crippen molar-refractivity contribution < 1.29 is 17.9 Å². The minimum Gasteiger partial charge on any atom is -0.466 e. The standard InChI is InChI=1S/C19H21N3O4S2/c1-4-26-17(23)11-16(14-8-5-12(2)6-9-14)22-28(24,25)19-13(3)7-10-15-18(19)21-27-20-15/h5-10,16,22H,4,11H2,1-3H3. The smallest absolute Gasteiger partial charge is 0.307 e. The van der Waals surface area contributed by atoms with E-state index >= 15 is 0 Å². The zero-order valence-electron chi connectivity index (χ0n) is 15.8. The molecule has 1 aromatic heterocycles. The monoisotopic (exact) mass is 419 g/mol. The molecule has 0 aliphatic rings. The fraction of sp³-hybridized carbons (Fsp3) is 0.316. The molecular formula is C19H21N3O4S2. The first-order valence-electron chi connectivity index (χ1n) is 8.78. The molecule has 3 rings (SSSR count). The fourth-order valence-corrected chi connectivity index (χ4v) is 5.14. The first-order chi connectivity index (χ1) is 13.3. The van der Waals surface area contributed by atoms with Gasteiger partial charge in [0.2, 0.25) is 10.0 Å². The van der Waals surface area contributed by atoms with Crippen molar-refractivity contribution in [3.63, 3.8) is 0 Å². The molecule has 1 N–H and O–H groups in total. The Hall–Kier alpha value is -2.36. The van der Waals surface area contributed by atoms with E-state index in [0.717, 1.165) is 17.3 Å². The normalized spacial score (nSPS) is 12.8. The molecule has 9 heteroatoms. The van der Waals surface area contributed by atoms with Crippen LogP contribution in [-0.2, 0) is 19.6 Å². The van der Waals surface area contributed by atoms with Crippen molar-refractivity contribution >= 4 is 38.8 Å². The number of sulfonamides is 1. The molecule has 0 saturated carbocycles. The summed E-state index contributed by atoms with van der Waals surface area (Å²) in [5, 5.41) is 0. The fourth-order valence-electron chi connectivity index (χ4n) is 2.93.